The van der Waals surface area contributed by atoms with Crippen molar-refractivity contribution in [2.75, 3.05) is 33.7 Å². The van der Waals surface area contributed by atoms with Crippen LogP contribution in [-0.2, 0) is 6.54 Å². The van der Waals surface area contributed by atoms with E-state index in [1.165, 1.54) is 12.1 Å². The normalized spacial score (nSPS) is 13.2. The Labute approximate surface area is 125 Å². The molecule has 110 valence electrons. The van der Waals surface area contributed by atoms with E-state index in [0.29, 0.717) is 5.92 Å². The summed E-state index contributed by atoms with van der Waals surface area (Å²) < 4.78 is 3.27. The van der Waals surface area contributed by atoms with Crippen LogP contribution in [0.4, 0.5) is 0 Å². The van der Waals surface area contributed by atoms with Crippen molar-refractivity contribution in [3.63, 3.8) is 0 Å². The SMILES string of the molecule is CCCNCCC(C)c1c(Br)cnn1CCN(C)C. The number of nitrogens with one attached hydrogen (secondary N) is 1. The van der Waals surface area contributed by atoms with Crippen LogP contribution in [0.2, 0.25) is 0 Å². The molecule has 0 aliphatic heterocycles. The first-order chi connectivity index (χ1) is 9.06. The van der Waals surface area contributed by atoms with Crippen molar-refractivity contribution in [2.45, 2.75) is 39.2 Å². The average Bonchev–Trinajstić information content (AvgIpc) is 2.73. The van der Waals surface area contributed by atoms with Gasteiger partial charge in [0.05, 0.1) is 22.9 Å². The quantitative estimate of drug-likeness (QED) is 0.707. The van der Waals surface area contributed by atoms with Crippen LogP contribution in [0.3, 0.4) is 0 Å². The molecule has 0 amide bonds. The second kappa shape index (κ2) is 8.72. The van der Waals surface area contributed by atoms with Crippen LogP contribution in [-0.4, -0.2) is 48.4 Å². The van der Waals surface area contributed by atoms with Gasteiger partial charge in [0.15, 0.2) is 0 Å². The highest BCUT2D eigenvalue weighted by atomic mass is 79.9. The zero-order valence-corrected chi connectivity index (χ0v) is 14.2. The number of hydrogen-bond donors (Lipinski definition) is 1. The predicted molar refractivity (Wildman–Crippen MR) is 84.7 cm³/mol. The molecule has 1 aromatic rings. The summed E-state index contributed by atoms with van der Waals surface area (Å²) in [6, 6.07) is 0. The van der Waals surface area contributed by atoms with E-state index in [1.807, 2.05) is 6.20 Å². The molecule has 1 unspecified atom stereocenters. The Morgan fingerprint density at radius 3 is 2.79 bits per heavy atom. The van der Waals surface area contributed by atoms with E-state index in [0.717, 1.165) is 37.1 Å². The molecular formula is C14H27BrN4. The van der Waals surface area contributed by atoms with E-state index in [4.69, 9.17) is 0 Å². The first kappa shape index (κ1) is 16.7. The Balaban J connectivity index is 2.56. The Bertz CT molecular complexity index is 362. The first-order valence-electron chi connectivity index (χ1n) is 7.12. The Morgan fingerprint density at radius 1 is 1.42 bits per heavy atom. The molecule has 0 saturated carbocycles. The minimum Gasteiger partial charge on any atom is -0.317 e. The van der Waals surface area contributed by atoms with Crippen LogP contribution < -0.4 is 5.32 Å². The van der Waals surface area contributed by atoms with E-state index in [9.17, 15) is 0 Å². The molecule has 5 heteroatoms. The van der Waals surface area contributed by atoms with Gasteiger partial charge in [-0.05, 0) is 56.0 Å². The van der Waals surface area contributed by atoms with Gasteiger partial charge in [0.25, 0.3) is 0 Å². The summed E-state index contributed by atoms with van der Waals surface area (Å²) in [6.07, 6.45) is 4.26. The third kappa shape index (κ3) is 5.63. The number of likely N-dealkylation sites (N-methyl/N-ethyl adjacent to an activating group) is 1. The van der Waals surface area contributed by atoms with Gasteiger partial charge in [-0.1, -0.05) is 13.8 Å². The molecule has 1 atom stereocenters. The zero-order chi connectivity index (χ0) is 14.3. The van der Waals surface area contributed by atoms with E-state index >= 15 is 0 Å². The molecule has 1 heterocycles. The maximum atomic E-state index is 4.48. The largest absolute Gasteiger partial charge is 0.317 e. The molecule has 1 aromatic heterocycles. The van der Waals surface area contributed by atoms with E-state index in [-0.39, 0.29) is 0 Å². The molecule has 0 bridgehead atoms. The Morgan fingerprint density at radius 2 is 2.16 bits per heavy atom. The van der Waals surface area contributed by atoms with Crippen molar-refractivity contribution in [2.24, 2.45) is 0 Å². The maximum absolute atomic E-state index is 4.48. The van der Waals surface area contributed by atoms with Crippen LogP contribution in [0.1, 0.15) is 38.3 Å². The van der Waals surface area contributed by atoms with Crippen molar-refractivity contribution in [1.82, 2.24) is 20.0 Å². The highest BCUT2D eigenvalue weighted by molar-refractivity contribution is 9.10. The van der Waals surface area contributed by atoms with E-state index in [1.54, 1.807) is 0 Å². The third-order valence-corrected chi connectivity index (χ3v) is 3.85. The first-order valence-corrected chi connectivity index (χ1v) is 7.92. The summed E-state index contributed by atoms with van der Waals surface area (Å²) >= 11 is 3.63. The molecule has 19 heavy (non-hydrogen) atoms. The molecule has 0 spiro atoms. The smallest absolute Gasteiger partial charge is 0.0635 e. The highest BCUT2D eigenvalue weighted by Gasteiger charge is 2.15. The zero-order valence-electron chi connectivity index (χ0n) is 12.6. The van der Waals surface area contributed by atoms with E-state index in [2.05, 4.69) is 63.9 Å². The van der Waals surface area contributed by atoms with Crippen LogP contribution in [0.25, 0.3) is 0 Å². The van der Waals surface area contributed by atoms with Gasteiger partial charge in [0.1, 0.15) is 0 Å². The average molecular weight is 331 g/mol. The number of halogens is 1. The van der Waals surface area contributed by atoms with Gasteiger partial charge in [0, 0.05) is 12.5 Å². The lowest BCUT2D eigenvalue weighted by Crippen LogP contribution is -2.22. The van der Waals surface area contributed by atoms with Crippen LogP contribution >= 0.6 is 15.9 Å². The molecule has 4 nitrogen and oxygen atoms in total. The number of aromatic nitrogens is 2. The van der Waals surface area contributed by atoms with Gasteiger partial charge in [-0.3, -0.25) is 4.68 Å². The highest BCUT2D eigenvalue weighted by Crippen LogP contribution is 2.26. The fourth-order valence-corrected chi connectivity index (χ4v) is 2.78. The van der Waals surface area contributed by atoms with Gasteiger partial charge in [-0.2, -0.15) is 5.10 Å². The van der Waals surface area contributed by atoms with Crippen molar-refractivity contribution in [3.05, 3.63) is 16.4 Å². The van der Waals surface area contributed by atoms with Gasteiger partial charge < -0.3 is 10.2 Å². The second-order valence-electron chi connectivity index (χ2n) is 5.34. The monoisotopic (exact) mass is 330 g/mol. The molecular weight excluding hydrogens is 304 g/mol. The number of nitrogens with zero attached hydrogens (tertiary/aromatic N) is 3. The fraction of sp³-hybridized carbons (Fsp3) is 0.786. The summed E-state index contributed by atoms with van der Waals surface area (Å²) in [6.45, 7) is 8.61. The van der Waals surface area contributed by atoms with Crippen molar-refractivity contribution >= 4 is 15.9 Å². The lowest BCUT2D eigenvalue weighted by atomic mass is 10.0. The number of hydrogen-bond acceptors (Lipinski definition) is 3. The Hall–Kier alpha value is -0.390. The molecule has 0 fully saturated rings. The predicted octanol–water partition coefficient (Wildman–Crippen LogP) is 2.70. The van der Waals surface area contributed by atoms with Crippen LogP contribution in [0.15, 0.2) is 10.7 Å². The van der Waals surface area contributed by atoms with Crippen molar-refractivity contribution in [3.8, 4) is 0 Å². The fourth-order valence-electron chi connectivity index (χ4n) is 2.09. The topological polar surface area (TPSA) is 33.1 Å². The molecule has 0 radical (unpaired) electrons. The standard InChI is InChI=1S/C14H27BrN4/c1-5-7-16-8-6-12(2)14-13(15)11-17-19(14)10-9-18(3)4/h11-12,16H,5-10H2,1-4H3. The summed E-state index contributed by atoms with van der Waals surface area (Å²) in [7, 11) is 4.19. The lowest BCUT2D eigenvalue weighted by molar-refractivity contribution is 0.366. The lowest BCUT2D eigenvalue weighted by Gasteiger charge is -2.17. The minimum absolute atomic E-state index is 0.517. The molecule has 1 rings (SSSR count). The molecule has 0 aliphatic carbocycles. The minimum atomic E-state index is 0.517. The molecule has 0 aromatic carbocycles. The van der Waals surface area contributed by atoms with Crippen LogP contribution in [0.5, 0.6) is 0 Å². The van der Waals surface area contributed by atoms with Gasteiger partial charge in [-0.15, -0.1) is 0 Å². The van der Waals surface area contributed by atoms with Crippen molar-refractivity contribution in [1.29, 1.82) is 0 Å². The van der Waals surface area contributed by atoms with Gasteiger partial charge in [-0.25, -0.2) is 0 Å². The van der Waals surface area contributed by atoms with Gasteiger partial charge in [0.2, 0.25) is 0 Å². The second-order valence-corrected chi connectivity index (χ2v) is 6.20. The summed E-state index contributed by atoms with van der Waals surface area (Å²) in [5.41, 5.74) is 1.32. The van der Waals surface area contributed by atoms with Crippen LogP contribution in [0, 0.1) is 0 Å². The molecule has 1 N–H and O–H groups in total. The summed E-state index contributed by atoms with van der Waals surface area (Å²) in [5.74, 6) is 0.517. The molecule has 0 aliphatic rings. The Kier molecular flexibility index (Phi) is 7.64. The van der Waals surface area contributed by atoms with E-state index < -0.39 is 0 Å². The summed E-state index contributed by atoms with van der Waals surface area (Å²) in [5, 5.41) is 7.94. The maximum Gasteiger partial charge on any atom is 0.0635 e. The summed E-state index contributed by atoms with van der Waals surface area (Å²) in [4.78, 5) is 2.19. The number of rotatable bonds is 9. The molecule has 0 saturated heterocycles. The van der Waals surface area contributed by atoms with Gasteiger partial charge >= 0.3 is 0 Å². The third-order valence-electron chi connectivity index (χ3n) is 3.24. The van der Waals surface area contributed by atoms with Crippen molar-refractivity contribution < 1.29 is 0 Å².